The molecule has 2 N–H and O–H groups in total. The van der Waals surface area contributed by atoms with E-state index >= 15 is 0 Å². The van der Waals surface area contributed by atoms with Crippen molar-refractivity contribution < 1.29 is 13.2 Å². The summed E-state index contributed by atoms with van der Waals surface area (Å²) in [5, 5.41) is 6.37. The van der Waals surface area contributed by atoms with Crippen molar-refractivity contribution in [3.05, 3.63) is 58.5 Å². The second kappa shape index (κ2) is 5.32. The Bertz CT molecular complexity index is 826. The SMILES string of the molecule is O=C1CS(=O)(=O)C2=CC=CC(C3NCCc4ccccc43)C2N1. The van der Waals surface area contributed by atoms with Crippen molar-refractivity contribution in [3.63, 3.8) is 0 Å². The van der Waals surface area contributed by atoms with Crippen LogP contribution < -0.4 is 10.6 Å². The third-order valence-corrected chi connectivity index (χ3v) is 6.57. The second-order valence-corrected chi connectivity index (χ2v) is 8.21. The van der Waals surface area contributed by atoms with E-state index in [-0.39, 0.29) is 12.0 Å². The fourth-order valence-corrected chi connectivity index (χ4v) is 5.29. The normalized spacial score (nSPS) is 31.6. The maximum atomic E-state index is 12.3. The van der Waals surface area contributed by atoms with E-state index in [0.29, 0.717) is 4.91 Å². The highest BCUT2D eigenvalue weighted by atomic mass is 32.2. The number of fused-ring (bicyclic) bond motifs is 2. The first kappa shape index (κ1) is 14.7. The Balaban J connectivity index is 1.75. The maximum absolute atomic E-state index is 12.3. The van der Waals surface area contributed by atoms with Crippen molar-refractivity contribution in [2.75, 3.05) is 12.3 Å². The van der Waals surface area contributed by atoms with Crippen molar-refractivity contribution in [3.8, 4) is 0 Å². The van der Waals surface area contributed by atoms with Crippen LogP contribution in [0.25, 0.3) is 0 Å². The number of hydrogen-bond acceptors (Lipinski definition) is 4. The molecular formula is C17H18N2O3S. The van der Waals surface area contributed by atoms with Crippen molar-refractivity contribution >= 4 is 15.7 Å². The quantitative estimate of drug-likeness (QED) is 0.801. The number of allylic oxidation sites excluding steroid dienone is 2. The molecule has 2 aliphatic heterocycles. The van der Waals surface area contributed by atoms with Gasteiger partial charge in [-0.15, -0.1) is 0 Å². The Kier molecular flexibility index (Phi) is 3.39. The lowest BCUT2D eigenvalue weighted by Crippen LogP contribution is -2.54. The summed E-state index contributed by atoms with van der Waals surface area (Å²) < 4.78 is 24.6. The first-order valence-corrected chi connectivity index (χ1v) is 9.43. The van der Waals surface area contributed by atoms with Gasteiger partial charge in [0.05, 0.1) is 10.9 Å². The van der Waals surface area contributed by atoms with Crippen molar-refractivity contribution in [1.82, 2.24) is 10.6 Å². The molecule has 1 aromatic rings. The van der Waals surface area contributed by atoms with E-state index in [1.165, 1.54) is 11.1 Å². The lowest BCUT2D eigenvalue weighted by molar-refractivity contribution is -0.119. The summed E-state index contributed by atoms with van der Waals surface area (Å²) in [6.45, 7) is 0.846. The van der Waals surface area contributed by atoms with Gasteiger partial charge in [-0.1, -0.05) is 36.4 Å². The Morgan fingerprint density at radius 2 is 1.96 bits per heavy atom. The Hall–Kier alpha value is -1.92. The van der Waals surface area contributed by atoms with E-state index in [2.05, 4.69) is 22.8 Å². The van der Waals surface area contributed by atoms with Crippen molar-refractivity contribution in [2.45, 2.75) is 18.5 Å². The van der Waals surface area contributed by atoms with E-state index in [9.17, 15) is 13.2 Å². The zero-order valence-corrected chi connectivity index (χ0v) is 13.3. The van der Waals surface area contributed by atoms with Crippen LogP contribution in [0.2, 0.25) is 0 Å². The van der Waals surface area contributed by atoms with E-state index < -0.39 is 27.5 Å². The minimum atomic E-state index is -3.51. The van der Waals surface area contributed by atoms with Crippen LogP contribution >= 0.6 is 0 Å². The summed E-state index contributed by atoms with van der Waals surface area (Å²) >= 11 is 0. The highest BCUT2D eigenvalue weighted by Crippen LogP contribution is 2.37. The zero-order valence-electron chi connectivity index (χ0n) is 12.5. The molecule has 0 saturated carbocycles. The van der Waals surface area contributed by atoms with Crippen LogP contribution in [0, 0.1) is 5.92 Å². The summed E-state index contributed by atoms with van der Waals surface area (Å²) in [6, 6.07) is 7.72. The fourth-order valence-electron chi connectivity index (χ4n) is 3.80. The molecule has 1 aliphatic carbocycles. The molecule has 0 bridgehead atoms. The first-order valence-electron chi connectivity index (χ1n) is 7.78. The highest BCUT2D eigenvalue weighted by molar-refractivity contribution is 7.96. The Morgan fingerprint density at radius 3 is 2.83 bits per heavy atom. The molecule has 0 spiro atoms. The number of rotatable bonds is 1. The molecule has 5 nitrogen and oxygen atoms in total. The van der Waals surface area contributed by atoms with Gasteiger partial charge in [-0.05, 0) is 30.2 Å². The molecule has 3 unspecified atom stereocenters. The summed E-state index contributed by atoms with van der Waals surface area (Å²) in [5.74, 6) is -0.989. The number of carbonyl (C=O) groups is 1. The van der Waals surface area contributed by atoms with Gasteiger partial charge in [-0.25, -0.2) is 8.42 Å². The van der Waals surface area contributed by atoms with Crippen LogP contribution in [0.1, 0.15) is 17.2 Å². The topological polar surface area (TPSA) is 75.3 Å². The van der Waals surface area contributed by atoms with Crippen LogP contribution in [-0.4, -0.2) is 32.7 Å². The molecule has 1 aromatic carbocycles. The summed E-state index contributed by atoms with van der Waals surface area (Å²) in [5.41, 5.74) is 2.47. The van der Waals surface area contributed by atoms with Crippen LogP contribution in [0.15, 0.2) is 47.4 Å². The predicted octanol–water partition coefficient (Wildman–Crippen LogP) is 0.857. The standard InChI is InChI=1S/C17H18N2O3S/c20-15-10-23(21,22)14-7-3-6-13(17(14)19-15)16-12-5-2-1-4-11(12)8-9-18-16/h1-7,13,16-18H,8-10H2,(H,19,20). The second-order valence-electron chi connectivity index (χ2n) is 6.22. The first-order chi connectivity index (χ1) is 11.1. The Labute approximate surface area is 135 Å². The molecule has 23 heavy (non-hydrogen) atoms. The maximum Gasteiger partial charge on any atom is 0.236 e. The van der Waals surface area contributed by atoms with Crippen LogP contribution in [0.3, 0.4) is 0 Å². The van der Waals surface area contributed by atoms with E-state index in [0.717, 1.165) is 13.0 Å². The van der Waals surface area contributed by atoms with E-state index in [1.54, 1.807) is 12.2 Å². The minimum Gasteiger partial charge on any atom is -0.347 e. The van der Waals surface area contributed by atoms with Gasteiger partial charge in [-0.3, -0.25) is 4.79 Å². The lowest BCUT2D eigenvalue weighted by atomic mass is 9.80. The van der Waals surface area contributed by atoms with Gasteiger partial charge < -0.3 is 10.6 Å². The van der Waals surface area contributed by atoms with Crippen LogP contribution in [0.5, 0.6) is 0 Å². The van der Waals surface area contributed by atoms with E-state index in [4.69, 9.17) is 0 Å². The monoisotopic (exact) mass is 330 g/mol. The van der Waals surface area contributed by atoms with Crippen molar-refractivity contribution in [2.24, 2.45) is 5.92 Å². The van der Waals surface area contributed by atoms with E-state index in [1.807, 2.05) is 18.2 Å². The van der Waals surface area contributed by atoms with Gasteiger partial charge in [0.2, 0.25) is 5.91 Å². The number of nitrogens with one attached hydrogen (secondary N) is 2. The molecule has 4 rings (SSSR count). The molecule has 3 aliphatic rings. The molecule has 3 atom stereocenters. The minimum absolute atomic E-state index is 0.00139. The van der Waals surface area contributed by atoms with Gasteiger partial charge in [0.1, 0.15) is 5.75 Å². The molecule has 2 heterocycles. The molecular weight excluding hydrogens is 312 g/mol. The molecule has 6 heteroatoms. The van der Waals surface area contributed by atoms with Gasteiger partial charge in [0.25, 0.3) is 0 Å². The van der Waals surface area contributed by atoms with Crippen molar-refractivity contribution in [1.29, 1.82) is 0 Å². The molecule has 1 amide bonds. The number of amides is 1. The zero-order chi connectivity index (χ0) is 16.0. The van der Waals surface area contributed by atoms with Gasteiger partial charge in [0.15, 0.2) is 9.84 Å². The number of hydrogen-bond donors (Lipinski definition) is 2. The Morgan fingerprint density at radius 1 is 1.13 bits per heavy atom. The van der Waals surface area contributed by atoms with Crippen LogP contribution in [-0.2, 0) is 21.1 Å². The van der Waals surface area contributed by atoms with Gasteiger partial charge in [-0.2, -0.15) is 0 Å². The van der Waals surface area contributed by atoms with Gasteiger partial charge in [0, 0.05) is 12.0 Å². The molecule has 0 radical (unpaired) electrons. The molecule has 120 valence electrons. The summed E-state index contributed by atoms with van der Waals surface area (Å²) in [7, 11) is -3.51. The highest BCUT2D eigenvalue weighted by Gasteiger charge is 2.43. The molecule has 1 saturated heterocycles. The average molecular weight is 330 g/mol. The van der Waals surface area contributed by atoms with Gasteiger partial charge >= 0.3 is 0 Å². The smallest absolute Gasteiger partial charge is 0.236 e. The third-order valence-electron chi connectivity index (χ3n) is 4.82. The molecule has 1 fully saturated rings. The number of carbonyl (C=O) groups excluding carboxylic acids is 1. The lowest BCUT2D eigenvalue weighted by Gasteiger charge is -2.40. The summed E-state index contributed by atoms with van der Waals surface area (Å²) in [4.78, 5) is 12.2. The summed E-state index contributed by atoms with van der Waals surface area (Å²) in [6.07, 6.45) is 6.37. The number of benzene rings is 1. The third kappa shape index (κ3) is 2.42. The van der Waals surface area contributed by atoms with Crippen LogP contribution in [0.4, 0.5) is 0 Å². The average Bonchev–Trinajstić information content (AvgIpc) is 2.53. The largest absolute Gasteiger partial charge is 0.347 e. The predicted molar refractivity (Wildman–Crippen MR) is 87.3 cm³/mol. The number of sulfone groups is 1. The molecule has 0 aromatic heterocycles. The fraction of sp³-hybridized carbons (Fsp3) is 0.353.